The van der Waals surface area contributed by atoms with Gasteiger partial charge in [-0.1, -0.05) is 11.6 Å². The Labute approximate surface area is 130 Å². The Morgan fingerprint density at radius 3 is 2.91 bits per heavy atom. The van der Waals surface area contributed by atoms with Crippen molar-refractivity contribution in [2.24, 2.45) is 0 Å². The van der Waals surface area contributed by atoms with Crippen molar-refractivity contribution in [3.8, 4) is 0 Å². The molecule has 1 spiro atoms. The van der Waals surface area contributed by atoms with Crippen molar-refractivity contribution in [3.05, 3.63) is 35.6 Å². The van der Waals surface area contributed by atoms with E-state index in [1.54, 1.807) is 12.3 Å². The van der Waals surface area contributed by atoms with Crippen LogP contribution in [0.25, 0.3) is 0 Å². The topological polar surface area (TPSA) is 80.8 Å². The van der Waals surface area contributed by atoms with Gasteiger partial charge < -0.3 is 14.4 Å². The van der Waals surface area contributed by atoms with Crippen molar-refractivity contribution in [1.29, 1.82) is 0 Å². The number of nitrogens with one attached hydrogen (secondary N) is 1. The van der Waals surface area contributed by atoms with Gasteiger partial charge in [-0.25, -0.2) is 14.6 Å². The van der Waals surface area contributed by atoms with Crippen molar-refractivity contribution in [2.75, 3.05) is 18.0 Å². The van der Waals surface area contributed by atoms with Crippen LogP contribution >= 0.6 is 11.6 Å². The number of hydrogen-bond acceptors (Lipinski definition) is 7. The zero-order valence-electron chi connectivity index (χ0n) is 11.4. The van der Waals surface area contributed by atoms with Gasteiger partial charge in [0.25, 0.3) is 0 Å². The lowest BCUT2D eigenvalue weighted by atomic mass is 9.84. The molecule has 1 aromatic heterocycles. The van der Waals surface area contributed by atoms with Crippen molar-refractivity contribution < 1.29 is 19.1 Å². The number of rotatable bonds is 1. The Kier molecular flexibility index (Phi) is 2.88. The summed E-state index contributed by atoms with van der Waals surface area (Å²) in [7, 11) is 0. The molecule has 0 aliphatic carbocycles. The monoisotopic (exact) mass is 321 g/mol. The molecule has 8 heteroatoms. The van der Waals surface area contributed by atoms with Crippen LogP contribution < -0.4 is 10.2 Å². The molecule has 2 fully saturated rings. The van der Waals surface area contributed by atoms with Crippen LogP contribution in [-0.4, -0.2) is 47.9 Å². The maximum Gasteiger partial charge on any atom is 0.332 e. The van der Waals surface area contributed by atoms with Gasteiger partial charge in [-0.05, 0) is 12.1 Å². The van der Waals surface area contributed by atoms with E-state index in [4.69, 9.17) is 21.1 Å². The largest absolute Gasteiger partial charge is 0.446 e. The molecule has 2 saturated heterocycles. The molecule has 0 radical (unpaired) electrons. The van der Waals surface area contributed by atoms with Crippen LogP contribution in [0.15, 0.2) is 30.5 Å². The van der Waals surface area contributed by atoms with Crippen LogP contribution in [0.3, 0.4) is 0 Å². The summed E-state index contributed by atoms with van der Waals surface area (Å²) in [5.41, 5.74) is 0.0133. The van der Waals surface area contributed by atoms with Gasteiger partial charge in [0.1, 0.15) is 5.15 Å². The average molecular weight is 322 g/mol. The molecule has 114 valence electrons. The number of esters is 2. The SMILES string of the molecule is O=C1/C=C/C(=O)O[C@@]23CN(c4ccc(Cl)nc4)[C@@H]2CNC3O1. The van der Waals surface area contributed by atoms with Gasteiger partial charge in [0.15, 0.2) is 6.23 Å². The summed E-state index contributed by atoms with van der Waals surface area (Å²) < 4.78 is 10.9. The molecule has 3 aliphatic heterocycles. The highest BCUT2D eigenvalue weighted by Gasteiger charge is 2.66. The van der Waals surface area contributed by atoms with Gasteiger partial charge in [-0.3, -0.25) is 5.32 Å². The molecule has 3 aliphatic rings. The molecule has 4 heterocycles. The van der Waals surface area contributed by atoms with Crippen LogP contribution in [-0.2, 0) is 19.1 Å². The number of halogens is 1. The van der Waals surface area contributed by atoms with E-state index in [-0.39, 0.29) is 6.04 Å². The van der Waals surface area contributed by atoms with Crippen molar-refractivity contribution in [2.45, 2.75) is 17.9 Å². The molecule has 3 atom stereocenters. The van der Waals surface area contributed by atoms with Crippen molar-refractivity contribution >= 4 is 29.2 Å². The van der Waals surface area contributed by atoms with Crippen molar-refractivity contribution in [1.82, 2.24) is 10.3 Å². The number of aromatic nitrogens is 1. The summed E-state index contributed by atoms with van der Waals surface area (Å²) in [5, 5.41) is 3.51. The third-order valence-corrected chi connectivity index (χ3v) is 4.45. The zero-order chi connectivity index (χ0) is 15.3. The highest BCUT2D eigenvalue weighted by molar-refractivity contribution is 6.29. The van der Waals surface area contributed by atoms with Gasteiger partial charge in [-0.2, -0.15) is 0 Å². The van der Waals surface area contributed by atoms with E-state index in [1.807, 2.05) is 11.0 Å². The van der Waals surface area contributed by atoms with Gasteiger partial charge >= 0.3 is 11.9 Å². The lowest BCUT2D eigenvalue weighted by Gasteiger charge is -2.54. The Bertz CT molecular complexity index is 677. The molecule has 0 saturated carbocycles. The van der Waals surface area contributed by atoms with Crippen LogP contribution in [0.5, 0.6) is 0 Å². The minimum Gasteiger partial charge on any atom is -0.446 e. The number of ether oxygens (including phenoxy) is 2. The fourth-order valence-corrected chi connectivity index (χ4v) is 3.29. The summed E-state index contributed by atoms with van der Waals surface area (Å²) in [5.74, 6) is -1.09. The number of pyridine rings is 1. The van der Waals surface area contributed by atoms with Gasteiger partial charge in [0, 0.05) is 18.7 Å². The molecule has 0 amide bonds. The third kappa shape index (κ3) is 1.89. The summed E-state index contributed by atoms with van der Waals surface area (Å²) in [4.78, 5) is 29.5. The van der Waals surface area contributed by atoms with Gasteiger partial charge in [-0.15, -0.1) is 0 Å². The molecule has 0 aromatic carbocycles. The van der Waals surface area contributed by atoms with E-state index in [1.165, 1.54) is 0 Å². The molecule has 0 bridgehead atoms. The first kappa shape index (κ1) is 13.5. The van der Waals surface area contributed by atoms with E-state index in [9.17, 15) is 9.59 Å². The molecule has 1 unspecified atom stereocenters. The molecule has 22 heavy (non-hydrogen) atoms. The Balaban J connectivity index is 1.63. The smallest absolute Gasteiger partial charge is 0.332 e. The maximum atomic E-state index is 11.8. The number of carbonyl (C=O) groups excluding carboxylic acids is 2. The fraction of sp³-hybridized carbons (Fsp3) is 0.357. The first-order valence-corrected chi connectivity index (χ1v) is 7.19. The molecular formula is C14H12ClN3O4. The first-order chi connectivity index (χ1) is 10.6. The van der Waals surface area contributed by atoms with Crippen LogP contribution in [0, 0.1) is 0 Å². The minimum atomic E-state index is -0.864. The van der Waals surface area contributed by atoms with Gasteiger partial charge in [0.2, 0.25) is 5.60 Å². The predicted molar refractivity (Wildman–Crippen MR) is 76.2 cm³/mol. The lowest BCUT2D eigenvalue weighted by Crippen LogP contribution is -2.74. The average Bonchev–Trinajstić information content (AvgIpc) is 2.71. The second kappa shape index (κ2) is 4.69. The van der Waals surface area contributed by atoms with Crippen LogP contribution in [0.1, 0.15) is 0 Å². The van der Waals surface area contributed by atoms with E-state index >= 15 is 0 Å². The first-order valence-electron chi connectivity index (χ1n) is 6.82. The maximum absolute atomic E-state index is 11.8. The summed E-state index contributed by atoms with van der Waals surface area (Å²) >= 11 is 5.80. The Hall–Kier alpha value is -2.12. The van der Waals surface area contributed by atoms with E-state index in [2.05, 4.69) is 10.3 Å². The third-order valence-electron chi connectivity index (χ3n) is 4.22. The normalized spacial score (nSPS) is 34.5. The highest BCUT2D eigenvalue weighted by Crippen LogP contribution is 2.43. The number of anilines is 1. The summed E-state index contributed by atoms with van der Waals surface area (Å²) in [6, 6.07) is 3.43. The number of nitrogens with zero attached hydrogens (tertiary/aromatic N) is 2. The minimum absolute atomic E-state index is 0.122. The van der Waals surface area contributed by atoms with E-state index < -0.39 is 23.8 Å². The molecule has 1 aromatic rings. The Morgan fingerprint density at radius 1 is 1.32 bits per heavy atom. The van der Waals surface area contributed by atoms with E-state index in [0.29, 0.717) is 18.2 Å². The van der Waals surface area contributed by atoms with Gasteiger partial charge in [0.05, 0.1) is 24.5 Å². The van der Waals surface area contributed by atoms with E-state index in [0.717, 1.165) is 17.8 Å². The second-order valence-electron chi connectivity index (χ2n) is 5.42. The number of hydrogen-bond donors (Lipinski definition) is 1. The van der Waals surface area contributed by atoms with Crippen molar-refractivity contribution in [3.63, 3.8) is 0 Å². The highest BCUT2D eigenvalue weighted by atomic mass is 35.5. The number of carbonyl (C=O) groups is 2. The predicted octanol–water partition coefficient (Wildman–Crippen LogP) is 0.248. The Morgan fingerprint density at radius 2 is 2.14 bits per heavy atom. The molecule has 7 nitrogen and oxygen atoms in total. The second-order valence-corrected chi connectivity index (χ2v) is 5.80. The molecule has 4 rings (SSSR count). The quantitative estimate of drug-likeness (QED) is 0.586. The standard InChI is InChI=1S/C14H12ClN3O4/c15-10-2-1-8(5-16-10)18-7-14-9(18)6-17-13(14)21-11(19)3-4-12(20)22-14/h1-5,9,13,17H,6-7H2/b4-3+/t9-,13?,14+/m1/s1. The zero-order valence-corrected chi connectivity index (χ0v) is 12.1. The fourth-order valence-electron chi connectivity index (χ4n) is 3.18. The lowest BCUT2D eigenvalue weighted by molar-refractivity contribution is -0.188. The van der Waals surface area contributed by atoms with Crippen LogP contribution in [0.4, 0.5) is 5.69 Å². The molecular weight excluding hydrogens is 310 g/mol. The summed E-state index contributed by atoms with van der Waals surface area (Å²) in [6.45, 7) is 0.958. The van der Waals surface area contributed by atoms with Crippen LogP contribution in [0.2, 0.25) is 5.15 Å². The summed E-state index contributed by atoms with van der Waals surface area (Å²) in [6.07, 6.45) is 3.19. The molecule has 1 N–H and O–H groups in total.